The van der Waals surface area contributed by atoms with Gasteiger partial charge < -0.3 is 14.9 Å². The summed E-state index contributed by atoms with van der Waals surface area (Å²) in [5.41, 5.74) is 0. The molecule has 2 aromatic carbocycles. The Morgan fingerprint density at radius 1 is 1.03 bits per heavy atom. The molecule has 1 unspecified atom stereocenters. The van der Waals surface area contributed by atoms with E-state index in [4.69, 9.17) is 0 Å². The molecular weight excluding hydrogens is 480 g/mol. The number of unbranched alkanes of at least 4 members (excludes halogenated alkanes) is 2. The number of likely N-dealkylation sites (tertiary alicyclic amines) is 1. The highest BCUT2D eigenvalue weighted by atomic mass is 32.2. The van der Waals surface area contributed by atoms with Crippen molar-refractivity contribution in [1.29, 1.82) is 0 Å². The number of nitrogens with zero attached hydrogens (tertiary/aromatic N) is 2. The van der Waals surface area contributed by atoms with Crippen molar-refractivity contribution in [2.75, 3.05) is 31.9 Å². The fourth-order valence-corrected chi connectivity index (χ4v) is 6.22. The monoisotopic (exact) mass is 516 g/mol. The Bertz CT molecular complexity index is 1170. The van der Waals surface area contributed by atoms with Gasteiger partial charge in [-0.15, -0.1) is 0 Å². The predicted molar refractivity (Wildman–Crippen MR) is 138 cm³/mol. The molecule has 8 nitrogen and oxygen atoms in total. The van der Waals surface area contributed by atoms with Gasteiger partial charge in [0.1, 0.15) is 0 Å². The number of amides is 2. The minimum absolute atomic E-state index is 0.0972. The lowest BCUT2D eigenvalue weighted by molar-refractivity contribution is -0.143. The molecule has 0 saturated carbocycles. The molecule has 9 heteroatoms. The Kier molecular flexibility index (Phi) is 9.87. The zero-order valence-electron chi connectivity index (χ0n) is 20.9. The van der Waals surface area contributed by atoms with Crippen LogP contribution in [-0.4, -0.2) is 73.0 Å². The van der Waals surface area contributed by atoms with Crippen LogP contribution in [0.15, 0.2) is 47.4 Å². The molecule has 0 radical (unpaired) electrons. The highest BCUT2D eigenvalue weighted by molar-refractivity contribution is 7.91. The van der Waals surface area contributed by atoms with Gasteiger partial charge in [0, 0.05) is 26.1 Å². The molecule has 1 aliphatic rings. The van der Waals surface area contributed by atoms with Crippen LogP contribution in [0.3, 0.4) is 0 Å². The molecule has 3 rings (SSSR count). The summed E-state index contributed by atoms with van der Waals surface area (Å²) >= 11 is 0. The molecule has 1 saturated heterocycles. The fraction of sp³-hybridized carbons (Fsp3) is 0.519. The van der Waals surface area contributed by atoms with E-state index in [9.17, 15) is 27.9 Å². The van der Waals surface area contributed by atoms with Gasteiger partial charge in [-0.05, 0) is 48.6 Å². The van der Waals surface area contributed by atoms with Crippen LogP contribution in [0.25, 0.3) is 10.8 Å². The number of benzene rings is 2. The van der Waals surface area contributed by atoms with E-state index in [1.807, 2.05) is 31.2 Å². The van der Waals surface area contributed by atoms with Gasteiger partial charge in [0.2, 0.25) is 11.8 Å². The summed E-state index contributed by atoms with van der Waals surface area (Å²) in [6.07, 6.45) is 3.92. The normalized spacial score (nSPS) is 14.6. The molecule has 1 heterocycles. The lowest BCUT2D eigenvalue weighted by Crippen LogP contribution is -2.46. The minimum atomic E-state index is -3.88. The molecule has 0 bridgehead atoms. The second-order valence-corrected chi connectivity index (χ2v) is 11.5. The summed E-state index contributed by atoms with van der Waals surface area (Å²) in [5.74, 6) is -3.26. The Labute approximate surface area is 213 Å². The molecule has 2 amide bonds. The molecule has 0 aliphatic carbocycles. The van der Waals surface area contributed by atoms with Crippen LogP contribution in [0.4, 0.5) is 0 Å². The number of hydrogen-bond acceptors (Lipinski definition) is 5. The van der Waals surface area contributed by atoms with Crippen molar-refractivity contribution < 1.29 is 27.9 Å². The number of fused-ring (bicyclic) bond motifs is 1. The highest BCUT2D eigenvalue weighted by Crippen LogP contribution is 2.24. The number of carboxylic acid groups (broad SMARTS) is 1. The third kappa shape index (κ3) is 7.53. The Balaban J connectivity index is 1.84. The first-order chi connectivity index (χ1) is 17.2. The van der Waals surface area contributed by atoms with Crippen molar-refractivity contribution in [1.82, 2.24) is 9.80 Å². The molecule has 196 valence electrons. The third-order valence-corrected chi connectivity index (χ3v) is 8.50. The predicted octanol–water partition coefficient (Wildman–Crippen LogP) is 3.74. The van der Waals surface area contributed by atoms with Crippen molar-refractivity contribution >= 4 is 38.4 Å². The van der Waals surface area contributed by atoms with Crippen molar-refractivity contribution in [3.8, 4) is 0 Å². The number of carbonyl (C=O) groups excluding carboxylic acids is 2. The lowest BCUT2D eigenvalue weighted by Gasteiger charge is -2.28. The second kappa shape index (κ2) is 12.9. The summed E-state index contributed by atoms with van der Waals surface area (Å²) in [4.78, 5) is 41.0. The molecule has 36 heavy (non-hydrogen) atoms. The van der Waals surface area contributed by atoms with Gasteiger partial charge >= 0.3 is 5.97 Å². The number of hydrogen-bond donors (Lipinski definition) is 1. The summed E-state index contributed by atoms with van der Waals surface area (Å²) in [6.45, 7) is 3.59. The van der Waals surface area contributed by atoms with Crippen molar-refractivity contribution in [2.24, 2.45) is 5.92 Å². The molecule has 1 aliphatic heterocycles. The number of aliphatic carboxylic acids is 1. The fourth-order valence-electron chi connectivity index (χ4n) is 4.61. The molecule has 2 aromatic rings. The maximum absolute atomic E-state index is 13.6. The topological polar surface area (TPSA) is 112 Å². The Morgan fingerprint density at radius 3 is 2.39 bits per heavy atom. The molecule has 0 aromatic heterocycles. The van der Waals surface area contributed by atoms with Gasteiger partial charge in [-0.1, -0.05) is 50.1 Å². The first-order valence-electron chi connectivity index (χ1n) is 12.7. The first-order valence-corrected chi connectivity index (χ1v) is 14.4. The minimum Gasteiger partial charge on any atom is -0.481 e. The molecule has 0 spiro atoms. The summed E-state index contributed by atoms with van der Waals surface area (Å²) < 4.78 is 26.7. The number of carbonyl (C=O) groups is 3. The quantitative estimate of drug-likeness (QED) is 0.406. The number of sulfone groups is 1. The number of carboxylic acids is 1. The van der Waals surface area contributed by atoms with Crippen LogP contribution in [0, 0.1) is 5.92 Å². The van der Waals surface area contributed by atoms with Crippen LogP contribution in [0.5, 0.6) is 0 Å². The summed E-state index contributed by atoms with van der Waals surface area (Å²) in [7, 11) is -3.88. The number of rotatable bonds is 13. The van der Waals surface area contributed by atoms with E-state index in [1.54, 1.807) is 17.0 Å². The van der Waals surface area contributed by atoms with E-state index in [2.05, 4.69) is 0 Å². The first kappa shape index (κ1) is 27.6. The average molecular weight is 517 g/mol. The Morgan fingerprint density at radius 2 is 1.72 bits per heavy atom. The van der Waals surface area contributed by atoms with Crippen LogP contribution < -0.4 is 0 Å². The van der Waals surface area contributed by atoms with E-state index in [-0.39, 0.29) is 30.2 Å². The summed E-state index contributed by atoms with van der Waals surface area (Å²) in [6, 6.07) is 12.2. The van der Waals surface area contributed by atoms with E-state index in [1.165, 1.54) is 11.0 Å². The van der Waals surface area contributed by atoms with Crippen LogP contribution in [0.2, 0.25) is 0 Å². The third-order valence-electron chi connectivity index (χ3n) is 6.68. The largest absolute Gasteiger partial charge is 0.481 e. The second-order valence-electron chi connectivity index (χ2n) is 9.47. The van der Waals surface area contributed by atoms with Gasteiger partial charge in [0.15, 0.2) is 9.84 Å². The maximum atomic E-state index is 13.6. The highest BCUT2D eigenvalue weighted by Gasteiger charge is 2.32. The van der Waals surface area contributed by atoms with Gasteiger partial charge in [0.25, 0.3) is 0 Å². The van der Waals surface area contributed by atoms with Crippen LogP contribution in [-0.2, 0) is 24.2 Å². The molecule has 1 N–H and O–H groups in total. The van der Waals surface area contributed by atoms with E-state index in [0.29, 0.717) is 26.1 Å². The smallest absolute Gasteiger partial charge is 0.303 e. The Hall–Kier alpha value is -2.94. The van der Waals surface area contributed by atoms with Crippen LogP contribution >= 0.6 is 0 Å². The van der Waals surface area contributed by atoms with E-state index < -0.39 is 33.4 Å². The average Bonchev–Trinajstić information content (AvgIpc) is 3.40. The molecule has 1 fully saturated rings. The van der Waals surface area contributed by atoms with Crippen molar-refractivity contribution in [3.05, 3.63) is 42.5 Å². The van der Waals surface area contributed by atoms with Gasteiger partial charge in [-0.3, -0.25) is 14.4 Å². The SMILES string of the molecule is CCCCCN(CC(=O)N1CCCC1)C(=O)C(CCC(=O)O)CS(=O)(=O)c1ccc2ccccc2c1. The standard InChI is InChI=1S/C27H36N2O6S/c1-2-3-6-17-29(19-25(30)28-15-7-8-16-28)27(33)23(12-14-26(31)32)20-36(34,35)24-13-11-21-9-4-5-10-22(21)18-24/h4-5,9-11,13,18,23H,2-3,6-8,12,14-17,19-20H2,1H3,(H,31,32). The zero-order chi connectivity index (χ0) is 26.1. The maximum Gasteiger partial charge on any atom is 0.303 e. The van der Waals surface area contributed by atoms with Crippen molar-refractivity contribution in [3.63, 3.8) is 0 Å². The van der Waals surface area contributed by atoms with Gasteiger partial charge in [-0.2, -0.15) is 0 Å². The van der Waals surface area contributed by atoms with E-state index >= 15 is 0 Å². The lowest BCUT2D eigenvalue weighted by atomic mass is 10.0. The molecular formula is C27H36N2O6S. The van der Waals surface area contributed by atoms with Crippen molar-refractivity contribution in [2.45, 2.75) is 56.8 Å². The van der Waals surface area contributed by atoms with Gasteiger partial charge in [0.05, 0.1) is 23.1 Å². The van der Waals surface area contributed by atoms with E-state index in [0.717, 1.165) is 36.5 Å². The van der Waals surface area contributed by atoms with Gasteiger partial charge in [-0.25, -0.2) is 8.42 Å². The summed E-state index contributed by atoms with van der Waals surface area (Å²) in [5, 5.41) is 10.9. The zero-order valence-corrected chi connectivity index (χ0v) is 21.7. The van der Waals surface area contributed by atoms with Crippen LogP contribution in [0.1, 0.15) is 51.9 Å². The molecule has 1 atom stereocenters.